The lowest BCUT2D eigenvalue weighted by atomic mass is 9.70. The first-order chi connectivity index (χ1) is 16.5. The zero-order chi connectivity index (χ0) is 27.1. The van der Waals surface area contributed by atoms with Crippen molar-refractivity contribution in [2.45, 2.75) is 83.7 Å². The van der Waals surface area contributed by atoms with Crippen LogP contribution in [0.3, 0.4) is 0 Å². The summed E-state index contributed by atoms with van der Waals surface area (Å²) < 4.78 is 7.00. The minimum atomic E-state index is -2.52. The first-order valence-electron chi connectivity index (χ1n) is 12.1. The molecule has 0 unspecified atom stereocenters. The summed E-state index contributed by atoms with van der Waals surface area (Å²) in [5, 5.41) is 13.4. The molecule has 1 fully saturated rings. The van der Waals surface area contributed by atoms with Crippen molar-refractivity contribution in [1.82, 2.24) is 9.55 Å². The summed E-state index contributed by atoms with van der Waals surface area (Å²) in [6.45, 7) is 15.7. The number of ether oxygens (including phenoxy) is 1. The third kappa shape index (κ3) is 5.34. The van der Waals surface area contributed by atoms with Crippen LogP contribution in [0.5, 0.6) is 0 Å². The van der Waals surface area contributed by atoms with Gasteiger partial charge in [-0.05, 0) is 37.8 Å². The molecular formula is C26H37N3O5SSi. The molecule has 0 radical (unpaired) electrons. The highest BCUT2D eigenvalue weighted by Gasteiger charge is 2.69. The SMILES string of the molecule is CC(C)(C)OC(=O)Nc1ncc(C[C@H]2C(=O)N([Si](C)(C)C(C)(C)C)[C@]2(Cc2ccccc2)C(=O)O)s1. The highest BCUT2D eigenvalue weighted by Crippen LogP contribution is 2.52. The van der Waals surface area contributed by atoms with Crippen molar-refractivity contribution in [3.63, 3.8) is 0 Å². The van der Waals surface area contributed by atoms with Crippen LogP contribution in [-0.2, 0) is 27.2 Å². The van der Waals surface area contributed by atoms with Crippen LogP contribution in [0.2, 0.25) is 18.1 Å². The molecular weight excluding hydrogens is 494 g/mol. The summed E-state index contributed by atoms with van der Waals surface area (Å²) >= 11 is 1.22. The molecule has 0 bridgehead atoms. The molecule has 0 saturated carbocycles. The van der Waals surface area contributed by atoms with E-state index in [1.165, 1.54) is 11.3 Å². The van der Waals surface area contributed by atoms with Crippen LogP contribution < -0.4 is 5.32 Å². The maximum atomic E-state index is 13.7. The van der Waals surface area contributed by atoms with E-state index < -0.39 is 37.4 Å². The lowest BCUT2D eigenvalue weighted by molar-refractivity contribution is -0.178. The van der Waals surface area contributed by atoms with E-state index in [4.69, 9.17) is 4.74 Å². The third-order valence-corrected chi connectivity index (χ3v) is 13.5. The number of carbonyl (C=O) groups excluding carboxylic acids is 2. The van der Waals surface area contributed by atoms with Crippen molar-refractivity contribution in [2.75, 3.05) is 5.32 Å². The highest BCUT2D eigenvalue weighted by atomic mass is 32.1. The zero-order valence-electron chi connectivity index (χ0n) is 22.3. The van der Waals surface area contributed by atoms with Crippen molar-refractivity contribution in [3.8, 4) is 0 Å². The molecule has 2 atom stereocenters. The molecule has 196 valence electrons. The summed E-state index contributed by atoms with van der Waals surface area (Å²) in [6.07, 6.45) is 1.44. The fraction of sp³-hybridized carbons (Fsp3) is 0.538. The number of aromatic nitrogens is 1. The van der Waals surface area contributed by atoms with Crippen LogP contribution in [0.1, 0.15) is 52.0 Å². The molecule has 1 saturated heterocycles. The van der Waals surface area contributed by atoms with Gasteiger partial charge in [-0.1, -0.05) is 64.2 Å². The minimum Gasteiger partial charge on any atom is -0.479 e. The standard InChI is InChI=1S/C26H37N3O5SSi/c1-24(2,3)34-23(33)28-22-27-16-18(35-22)14-19-20(30)29(36(7,8)25(4,5)6)26(19,21(31)32)15-17-12-10-9-11-13-17/h9-13,16,19H,14-15H2,1-8H3,(H,31,32)(H,27,28,33)/t19-,26-/m0/s1. The van der Waals surface area contributed by atoms with Gasteiger partial charge in [0.2, 0.25) is 5.91 Å². The number of hydrogen-bond acceptors (Lipinski definition) is 6. The van der Waals surface area contributed by atoms with Gasteiger partial charge < -0.3 is 14.4 Å². The summed E-state index contributed by atoms with van der Waals surface area (Å²) in [4.78, 5) is 43.9. The quantitative estimate of drug-likeness (QED) is 0.358. The molecule has 10 heteroatoms. The Morgan fingerprint density at radius 1 is 1.17 bits per heavy atom. The number of carboxylic acids is 1. The first kappa shape index (κ1) is 27.9. The Labute approximate surface area is 218 Å². The number of β-lactam (4-membered cyclic amide) rings is 1. The Kier molecular flexibility index (Phi) is 7.45. The second-order valence-electron chi connectivity index (χ2n) is 11.9. The Morgan fingerprint density at radius 2 is 1.78 bits per heavy atom. The molecule has 2 aromatic rings. The third-order valence-electron chi connectivity index (χ3n) is 7.14. The maximum Gasteiger partial charge on any atom is 0.413 e. The van der Waals surface area contributed by atoms with Crippen molar-refractivity contribution in [2.24, 2.45) is 5.92 Å². The van der Waals surface area contributed by atoms with E-state index in [0.29, 0.717) is 5.13 Å². The molecule has 1 aromatic heterocycles. The number of carboxylic acid groups (broad SMARTS) is 1. The van der Waals surface area contributed by atoms with E-state index in [9.17, 15) is 19.5 Å². The Balaban J connectivity index is 1.95. The van der Waals surface area contributed by atoms with E-state index >= 15 is 0 Å². The summed E-state index contributed by atoms with van der Waals surface area (Å²) in [5.41, 5.74) is -1.13. The molecule has 2 heterocycles. The second-order valence-corrected chi connectivity index (χ2v) is 18.1. The van der Waals surface area contributed by atoms with Crippen LogP contribution in [0.15, 0.2) is 36.5 Å². The average Bonchev–Trinajstić information content (AvgIpc) is 3.16. The first-order valence-corrected chi connectivity index (χ1v) is 15.8. The number of benzene rings is 1. The molecule has 0 aliphatic carbocycles. The van der Waals surface area contributed by atoms with E-state index in [1.54, 1.807) is 31.5 Å². The number of amides is 2. The second kappa shape index (κ2) is 9.62. The number of nitrogens with one attached hydrogen (secondary N) is 1. The topological polar surface area (TPSA) is 109 Å². The summed E-state index contributed by atoms with van der Waals surface area (Å²) in [6, 6.07) is 9.47. The lowest BCUT2D eigenvalue weighted by Crippen LogP contribution is -2.83. The van der Waals surface area contributed by atoms with E-state index in [1.807, 2.05) is 30.3 Å². The largest absolute Gasteiger partial charge is 0.479 e. The lowest BCUT2D eigenvalue weighted by Gasteiger charge is -2.63. The number of carbonyl (C=O) groups is 3. The molecule has 0 spiro atoms. The molecule has 36 heavy (non-hydrogen) atoms. The number of hydrogen-bond donors (Lipinski definition) is 2. The van der Waals surface area contributed by atoms with Gasteiger partial charge in [0.15, 0.2) is 13.4 Å². The number of thiazole rings is 1. The normalized spacial score (nSPS) is 20.6. The van der Waals surface area contributed by atoms with Crippen LogP contribution in [0.25, 0.3) is 0 Å². The minimum absolute atomic E-state index is 0.130. The van der Waals surface area contributed by atoms with Crippen molar-refractivity contribution in [3.05, 3.63) is 47.0 Å². The average molecular weight is 532 g/mol. The van der Waals surface area contributed by atoms with Crippen molar-refractivity contribution < 1.29 is 24.2 Å². The van der Waals surface area contributed by atoms with Crippen LogP contribution in [-0.4, -0.2) is 52.0 Å². The number of anilines is 1. The van der Waals surface area contributed by atoms with Crippen molar-refractivity contribution >= 4 is 42.7 Å². The van der Waals surface area contributed by atoms with Gasteiger partial charge in [-0.2, -0.15) is 0 Å². The molecule has 1 aromatic carbocycles. The Bertz CT molecular complexity index is 1140. The molecule has 3 rings (SSSR count). The van der Waals surface area contributed by atoms with E-state index in [-0.39, 0.29) is 23.8 Å². The molecule has 2 N–H and O–H groups in total. The maximum absolute atomic E-state index is 13.7. The number of rotatable bonds is 7. The zero-order valence-corrected chi connectivity index (χ0v) is 24.2. The Morgan fingerprint density at radius 3 is 2.31 bits per heavy atom. The molecule has 1 aliphatic heterocycles. The fourth-order valence-corrected chi connectivity index (χ4v) is 8.04. The number of aliphatic carboxylic acids is 1. The smallest absolute Gasteiger partial charge is 0.413 e. The molecule has 8 nitrogen and oxygen atoms in total. The van der Waals surface area contributed by atoms with Gasteiger partial charge in [-0.25, -0.2) is 14.6 Å². The summed E-state index contributed by atoms with van der Waals surface area (Å²) in [5.74, 6) is -1.86. The van der Waals surface area contributed by atoms with Gasteiger partial charge in [-0.3, -0.25) is 10.1 Å². The van der Waals surface area contributed by atoms with E-state index in [2.05, 4.69) is 44.2 Å². The van der Waals surface area contributed by atoms with Crippen molar-refractivity contribution in [1.29, 1.82) is 0 Å². The van der Waals surface area contributed by atoms with E-state index in [0.717, 1.165) is 10.4 Å². The van der Waals surface area contributed by atoms with Gasteiger partial charge in [0.25, 0.3) is 0 Å². The monoisotopic (exact) mass is 531 g/mol. The molecule has 1 aliphatic rings. The Hall–Kier alpha value is -2.72. The molecule has 2 amide bonds. The van der Waals surface area contributed by atoms with Gasteiger partial charge >= 0.3 is 12.1 Å². The van der Waals surface area contributed by atoms with Gasteiger partial charge in [0.05, 0.1) is 5.92 Å². The van der Waals surface area contributed by atoms with Gasteiger partial charge in [0.1, 0.15) is 11.1 Å². The van der Waals surface area contributed by atoms with Gasteiger partial charge in [0, 0.05) is 17.5 Å². The van der Waals surface area contributed by atoms with Crippen LogP contribution >= 0.6 is 11.3 Å². The van der Waals surface area contributed by atoms with Crippen LogP contribution in [0, 0.1) is 5.92 Å². The highest BCUT2D eigenvalue weighted by molar-refractivity contribution is 7.15. The van der Waals surface area contributed by atoms with Crippen LogP contribution in [0.4, 0.5) is 9.93 Å². The fourth-order valence-electron chi connectivity index (χ4n) is 4.49. The predicted octanol–water partition coefficient (Wildman–Crippen LogP) is 5.56. The van der Waals surface area contributed by atoms with Gasteiger partial charge in [-0.15, -0.1) is 11.3 Å². The number of nitrogens with zero attached hydrogens (tertiary/aromatic N) is 2. The summed E-state index contributed by atoms with van der Waals surface area (Å²) in [7, 11) is -2.52. The predicted molar refractivity (Wildman–Crippen MR) is 144 cm³/mol.